The maximum absolute atomic E-state index is 9.08. The van der Waals surface area contributed by atoms with Gasteiger partial charge in [-0.2, -0.15) is 0 Å². The zero-order chi connectivity index (χ0) is 11.6. The topological polar surface area (TPSA) is 20.2 Å². The van der Waals surface area contributed by atoms with E-state index in [1.165, 1.54) is 16.3 Å². The van der Waals surface area contributed by atoms with Gasteiger partial charge in [-0.15, -0.1) is 0 Å². The summed E-state index contributed by atoms with van der Waals surface area (Å²) >= 11 is 0. The van der Waals surface area contributed by atoms with Gasteiger partial charge in [0.15, 0.2) is 0 Å². The Morgan fingerprint density at radius 1 is 1.00 bits per heavy atom. The highest BCUT2D eigenvalue weighted by molar-refractivity contribution is 5.83. The minimum absolute atomic E-state index is 0.0405. The molecule has 0 saturated heterocycles. The minimum atomic E-state index is 0.0405. The lowest BCUT2D eigenvalue weighted by Crippen LogP contribution is -2.18. The van der Waals surface area contributed by atoms with Gasteiger partial charge in [0, 0.05) is 6.61 Å². The molecule has 0 fully saturated rings. The van der Waals surface area contributed by atoms with Gasteiger partial charge in [-0.05, 0) is 28.2 Å². The number of aliphatic hydroxyl groups is 1. The van der Waals surface area contributed by atoms with Crippen LogP contribution in [-0.2, 0) is 5.41 Å². The van der Waals surface area contributed by atoms with Crippen molar-refractivity contribution < 1.29 is 5.11 Å². The fourth-order valence-electron chi connectivity index (χ4n) is 2.03. The van der Waals surface area contributed by atoms with Gasteiger partial charge in [0.2, 0.25) is 0 Å². The monoisotopic (exact) mass is 214 g/mol. The molecule has 0 unspecified atom stereocenters. The third-order valence-electron chi connectivity index (χ3n) is 3.27. The number of hydrogen-bond donors (Lipinski definition) is 1. The Morgan fingerprint density at radius 3 is 2.38 bits per heavy atom. The molecule has 0 saturated carbocycles. The Bertz CT molecular complexity index is 486. The summed E-state index contributed by atoms with van der Waals surface area (Å²) in [6, 6.07) is 14.9. The largest absolute Gasteiger partial charge is 0.396 e. The number of hydrogen-bond acceptors (Lipinski definition) is 1. The first-order chi connectivity index (χ1) is 7.63. The summed E-state index contributed by atoms with van der Waals surface area (Å²) in [5.41, 5.74) is 1.33. The molecule has 0 spiro atoms. The molecule has 0 atom stereocenters. The van der Waals surface area contributed by atoms with Crippen LogP contribution in [0.25, 0.3) is 10.8 Å². The molecule has 1 N–H and O–H groups in total. The Labute approximate surface area is 96.7 Å². The summed E-state index contributed by atoms with van der Waals surface area (Å²) < 4.78 is 0. The molecule has 0 heterocycles. The summed E-state index contributed by atoms with van der Waals surface area (Å²) in [6.45, 7) is 4.58. The van der Waals surface area contributed by atoms with Gasteiger partial charge in [0.25, 0.3) is 0 Å². The van der Waals surface area contributed by atoms with E-state index >= 15 is 0 Å². The molecule has 0 amide bonds. The van der Waals surface area contributed by atoms with E-state index in [9.17, 15) is 0 Å². The average molecular weight is 214 g/mol. The highest BCUT2D eigenvalue weighted by Gasteiger charge is 2.19. The SMILES string of the molecule is CC(C)(CCO)c1ccc2ccccc2c1. The second-order valence-electron chi connectivity index (χ2n) is 4.92. The highest BCUT2D eigenvalue weighted by atomic mass is 16.3. The van der Waals surface area contributed by atoms with Gasteiger partial charge in [0.1, 0.15) is 0 Å². The average Bonchev–Trinajstić information content (AvgIpc) is 2.28. The van der Waals surface area contributed by atoms with Crippen LogP contribution in [0.5, 0.6) is 0 Å². The molecular weight excluding hydrogens is 196 g/mol. The normalized spacial score (nSPS) is 11.9. The second kappa shape index (κ2) is 4.26. The third kappa shape index (κ3) is 2.10. The predicted octanol–water partition coefficient (Wildman–Crippen LogP) is 3.50. The van der Waals surface area contributed by atoms with Crippen molar-refractivity contribution in [1.82, 2.24) is 0 Å². The van der Waals surface area contributed by atoms with E-state index in [1.54, 1.807) is 0 Å². The van der Waals surface area contributed by atoms with E-state index in [0.717, 1.165) is 6.42 Å². The zero-order valence-corrected chi connectivity index (χ0v) is 9.90. The van der Waals surface area contributed by atoms with Crippen LogP contribution in [0.3, 0.4) is 0 Å². The maximum Gasteiger partial charge on any atom is 0.0439 e. The molecule has 0 bridgehead atoms. The Morgan fingerprint density at radius 2 is 1.69 bits per heavy atom. The van der Waals surface area contributed by atoms with Crippen LogP contribution in [0.1, 0.15) is 25.8 Å². The first-order valence-corrected chi connectivity index (χ1v) is 5.74. The van der Waals surface area contributed by atoms with Gasteiger partial charge in [0.05, 0.1) is 0 Å². The van der Waals surface area contributed by atoms with Crippen LogP contribution in [-0.4, -0.2) is 11.7 Å². The summed E-state index contributed by atoms with van der Waals surface area (Å²) in [6.07, 6.45) is 0.797. The molecule has 0 aliphatic carbocycles. The summed E-state index contributed by atoms with van der Waals surface area (Å²) in [5.74, 6) is 0. The number of rotatable bonds is 3. The standard InChI is InChI=1S/C15H18O/c1-15(2,9-10-16)14-8-7-12-5-3-4-6-13(12)11-14/h3-8,11,16H,9-10H2,1-2H3. The second-order valence-corrected chi connectivity index (χ2v) is 4.92. The molecule has 1 heteroatoms. The predicted molar refractivity (Wildman–Crippen MR) is 68.7 cm³/mol. The fourth-order valence-corrected chi connectivity index (χ4v) is 2.03. The van der Waals surface area contributed by atoms with Crippen LogP contribution >= 0.6 is 0 Å². The maximum atomic E-state index is 9.08. The van der Waals surface area contributed by atoms with Crippen LogP contribution in [0.2, 0.25) is 0 Å². The lowest BCUT2D eigenvalue weighted by Gasteiger charge is -2.24. The van der Waals surface area contributed by atoms with E-state index < -0.39 is 0 Å². The fraction of sp³-hybridized carbons (Fsp3) is 0.333. The van der Waals surface area contributed by atoms with Gasteiger partial charge in [-0.1, -0.05) is 56.3 Å². The lowest BCUT2D eigenvalue weighted by atomic mass is 9.81. The van der Waals surface area contributed by atoms with Crippen molar-refractivity contribution in [3.8, 4) is 0 Å². The minimum Gasteiger partial charge on any atom is -0.396 e. The number of fused-ring (bicyclic) bond motifs is 1. The van der Waals surface area contributed by atoms with Crippen molar-refractivity contribution in [2.24, 2.45) is 0 Å². The Balaban J connectivity index is 2.46. The molecular formula is C15H18O. The van der Waals surface area contributed by atoms with E-state index in [4.69, 9.17) is 5.11 Å². The van der Waals surface area contributed by atoms with Crippen molar-refractivity contribution in [2.75, 3.05) is 6.61 Å². The van der Waals surface area contributed by atoms with Crippen LogP contribution in [0, 0.1) is 0 Å². The van der Waals surface area contributed by atoms with Crippen molar-refractivity contribution >= 4 is 10.8 Å². The van der Waals surface area contributed by atoms with Gasteiger partial charge in [-0.3, -0.25) is 0 Å². The molecule has 84 valence electrons. The summed E-state index contributed by atoms with van der Waals surface area (Å²) in [4.78, 5) is 0. The molecule has 0 radical (unpaired) electrons. The highest BCUT2D eigenvalue weighted by Crippen LogP contribution is 2.29. The van der Waals surface area contributed by atoms with Gasteiger partial charge in [-0.25, -0.2) is 0 Å². The first kappa shape index (κ1) is 11.2. The lowest BCUT2D eigenvalue weighted by molar-refractivity contribution is 0.252. The summed E-state index contributed by atoms with van der Waals surface area (Å²) in [5, 5.41) is 11.6. The molecule has 2 aromatic carbocycles. The van der Waals surface area contributed by atoms with Crippen molar-refractivity contribution in [1.29, 1.82) is 0 Å². The van der Waals surface area contributed by atoms with Crippen LogP contribution < -0.4 is 0 Å². The van der Waals surface area contributed by atoms with Crippen molar-refractivity contribution in [3.63, 3.8) is 0 Å². The first-order valence-electron chi connectivity index (χ1n) is 5.74. The molecule has 1 nitrogen and oxygen atoms in total. The molecule has 0 aliphatic rings. The smallest absolute Gasteiger partial charge is 0.0439 e. The zero-order valence-electron chi connectivity index (χ0n) is 9.90. The van der Waals surface area contributed by atoms with Crippen LogP contribution in [0.15, 0.2) is 42.5 Å². The quantitative estimate of drug-likeness (QED) is 0.829. The Hall–Kier alpha value is -1.34. The summed E-state index contributed by atoms with van der Waals surface area (Å²) in [7, 11) is 0. The van der Waals surface area contributed by atoms with Crippen molar-refractivity contribution in [3.05, 3.63) is 48.0 Å². The molecule has 0 aromatic heterocycles. The van der Waals surface area contributed by atoms with Gasteiger partial charge < -0.3 is 5.11 Å². The third-order valence-corrected chi connectivity index (χ3v) is 3.27. The van der Waals surface area contributed by atoms with Crippen LogP contribution in [0.4, 0.5) is 0 Å². The van der Waals surface area contributed by atoms with Crippen molar-refractivity contribution in [2.45, 2.75) is 25.7 Å². The van der Waals surface area contributed by atoms with E-state index in [-0.39, 0.29) is 12.0 Å². The molecule has 0 aliphatic heterocycles. The number of aliphatic hydroxyl groups excluding tert-OH is 1. The Kier molecular flexibility index (Phi) is 2.97. The van der Waals surface area contributed by atoms with Gasteiger partial charge >= 0.3 is 0 Å². The molecule has 2 rings (SSSR count). The van der Waals surface area contributed by atoms with E-state index in [0.29, 0.717) is 0 Å². The van der Waals surface area contributed by atoms with E-state index in [1.807, 2.05) is 0 Å². The molecule has 2 aromatic rings. The number of benzene rings is 2. The van der Waals surface area contributed by atoms with E-state index in [2.05, 4.69) is 56.3 Å². The molecule has 16 heavy (non-hydrogen) atoms.